The second kappa shape index (κ2) is 8.84. The third kappa shape index (κ3) is 5.07. The lowest BCUT2D eigenvalue weighted by Crippen LogP contribution is -2.14. The number of nitro benzene ring substituents is 1. The van der Waals surface area contributed by atoms with Crippen LogP contribution in [0.4, 0.5) is 17.1 Å². The number of non-ortho nitro benzene ring substituents is 1. The molecule has 0 heterocycles. The van der Waals surface area contributed by atoms with Crippen molar-refractivity contribution in [1.82, 2.24) is 0 Å². The van der Waals surface area contributed by atoms with Gasteiger partial charge in [0.25, 0.3) is 11.6 Å². The number of hydrogen-bond donors (Lipinski definition) is 2. The van der Waals surface area contributed by atoms with E-state index in [2.05, 4.69) is 10.6 Å². The molecule has 8 nitrogen and oxygen atoms in total. The zero-order chi connectivity index (χ0) is 18.9. The smallest absolute Gasteiger partial charge is 0.269 e. The summed E-state index contributed by atoms with van der Waals surface area (Å²) in [6.45, 7) is 2.42. The van der Waals surface area contributed by atoms with Gasteiger partial charge in [0.2, 0.25) is 0 Å². The van der Waals surface area contributed by atoms with Gasteiger partial charge in [-0.3, -0.25) is 14.9 Å². The van der Waals surface area contributed by atoms with Gasteiger partial charge in [0.1, 0.15) is 17.4 Å². The number of nitriles is 1. The van der Waals surface area contributed by atoms with E-state index in [0.29, 0.717) is 23.7 Å². The van der Waals surface area contributed by atoms with Gasteiger partial charge in [-0.05, 0) is 43.3 Å². The van der Waals surface area contributed by atoms with Crippen LogP contribution in [0.15, 0.2) is 60.3 Å². The largest absolute Gasteiger partial charge is 0.494 e. The van der Waals surface area contributed by atoms with E-state index in [1.54, 1.807) is 24.3 Å². The van der Waals surface area contributed by atoms with Crippen LogP contribution in [0.5, 0.6) is 5.75 Å². The fraction of sp³-hybridized carbons (Fsp3) is 0.111. The lowest BCUT2D eigenvalue weighted by molar-refractivity contribution is -0.384. The van der Waals surface area contributed by atoms with Crippen molar-refractivity contribution in [3.8, 4) is 11.8 Å². The molecule has 0 aliphatic heterocycles. The number of carbonyl (C=O) groups excluding carboxylic acids is 1. The molecule has 0 aliphatic carbocycles. The third-order valence-corrected chi connectivity index (χ3v) is 3.25. The van der Waals surface area contributed by atoms with Gasteiger partial charge in [0.15, 0.2) is 0 Å². The molecule has 0 atom stereocenters. The molecule has 132 valence electrons. The maximum absolute atomic E-state index is 12.2. The molecule has 0 bridgehead atoms. The number of hydrogen-bond acceptors (Lipinski definition) is 6. The predicted molar refractivity (Wildman–Crippen MR) is 96.7 cm³/mol. The molecule has 0 unspecified atom stereocenters. The van der Waals surface area contributed by atoms with Gasteiger partial charge in [0.05, 0.1) is 11.5 Å². The van der Waals surface area contributed by atoms with E-state index in [9.17, 15) is 14.9 Å². The van der Waals surface area contributed by atoms with Gasteiger partial charge < -0.3 is 15.4 Å². The summed E-state index contributed by atoms with van der Waals surface area (Å²) in [6, 6.07) is 14.2. The Bertz CT molecular complexity index is 852. The third-order valence-electron chi connectivity index (χ3n) is 3.25. The first kappa shape index (κ1) is 18.5. The predicted octanol–water partition coefficient (Wildman–Crippen LogP) is 3.45. The summed E-state index contributed by atoms with van der Waals surface area (Å²) in [6.07, 6.45) is 1.24. The Morgan fingerprint density at radius 3 is 2.35 bits per heavy atom. The second-order valence-corrected chi connectivity index (χ2v) is 5.03. The molecule has 0 radical (unpaired) electrons. The summed E-state index contributed by atoms with van der Waals surface area (Å²) in [5, 5.41) is 25.1. The van der Waals surface area contributed by atoms with Crippen molar-refractivity contribution in [2.75, 3.05) is 17.2 Å². The Labute approximate surface area is 149 Å². The molecule has 0 aliphatic rings. The average molecular weight is 352 g/mol. The van der Waals surface area contributed by atoms with Crippen LogP contribution in [-0.4, -0.2) is 17.4 Å². The van der Waals surface area contributed by atoms with Gasteiger partial charge in [-0.1, -0.05) is 0 Å². The van der Waals surface area contributed by atoms with Crippen LogP contribution in [0, 0.1) is 21.4 Å². The van der Waals surface area contributed by atoms with Gasteiger partial charge >= 0.3 is 0 Å². The Morgan fingerprint density at radius 2 is 1.81 bits per heavy atom. The molecule has 2 aromatic carbocycles. The number of nitrogens with one attached hydrogen (secondary N) is 2. The highest BCUT2D eigenvalue weighted by Gasteiger charge is 2.10. The van der Waals surface area contributed by atoms with E-state index in [4.69, 9.17) is 10.00 Å². The zero-order valence-corrected chi connectivity index (χ0v) is 13.9. The first-order chi connectivity index (χ1) is 12.5. The number of amides is 1. The monoisotopic (exact) mass is 352 g/mol. The van der Waals surface area contributed by atoms with Gasteiger partial charge in [0, 0.05) is 29.7 Å². The molecule has 0 saturated heterocycles. The minimum Gasteiger partial charge on any atom is -0.494 e. The molecular weight excluding hydrogens is 336 g/mol. The normalized spacial score (nSPS) is 10.5. The summed E-state index contributed by atoms with van der Waals surface area (Å²) in [5.41, 5.74) is 0.845. The number of nitrogens with zero attached hydrogens (tertiary/aromatic N) is 2. The Kier molecular flexibility index (Phi) is 6.28. The molecule has 2 rings (SSSR count). The minimum atomic E-state index is -0.578. The molecule has 1 amide bonds. The van der Waals surface area contributed by atoms with Crippen molar-refractivity contribution in [2.45, 2.75) is 6.92 Å². The fourth-order valence-electron chi connectivity index (χ4n) is 1.98. The van der Waals surface area contributed by atoms with Crippen LogP contribution < -0.4 is 15.4 Å². The van der Waals surface area contributed by atoms with Crippen LogP contribution in [0.2, 0.25) is 0 Å². The molecule has 2 aromatic rings. The quantitative estimate of drug-likeness (QED) is 0.341. The molecule has 0 aromatic heterocycles. The average Bonchev–Trinajstić information content (AvgIpc) is 2.64. The molecule has 0 saturated carbocycles. The fourth-order valence-corrected chi connectivity index (χ4v) is 1.98. The maximum atomic E-state index is 12.2. The maximum Gasteiger partial charge on any atom is 0.269 e. The molecule has 2 N–H and O–H groups in total. The van der Waals surface area contributed by atoms with E-state index in [1.807, 2.05) is 13.0 Å². The minimum absolute atomic E-state index is 0.0479. The molecular formula is C18H16N4O4. The van der Waals surface area contributed by atoms with Crippen molar-refractivity contribution in [3.63, 3.8) is 0 Å². The Balaban J connectivity index is 2.02. The topological polar surface area (TPSA) is 117 Å². The highest BCUT2D eigenvalue weighted by Crippen LogP contribution is 2.17. The van der Waals surface area contributed by atoms with Crippen LogP contribution in [0.3, 0.4) is 0 Å². The van der Waals surface area contributed by atoms with Crippen LogP contribution >= 0.6 is 0 Å². The van der Waals surface area contributed by atoms with E-state index in [0.717, 1.165) is 0 Å². The standard InChI is InChI=1S/C18H16N4O4/c1-2-26-17-9-5-15(6-10-17)21-18(23)13(11-19)12-20-14-3-7-16(8-4-14)22(24)25/h3-10,12,20H,2H2,1H3,(H,21,23)/b13-12-. The number of rotatable bonds is 7. The van der Waals surface area contributed by atoms with E-state index in [-0.39, 0.29) is 11.3 Å². The first-order valence-electron chi connectivity index (χ1n) is 7.69. The van der Waals surface area contributed by atoms with Crippen molar-refractivity contribution in [1.29, 1.82) is 5.26 Å². The number of nitro groups is 1. The van der Waals surface area contributed by atoms with Gasteiger partial charge in [-0.2, -0.15) is 5.26 Å². The SMILES string of the molecule is CCOc1ccc(NC(=O)/C(C#N)=C\Nc2ccc([N+](=O)[O-])cc2)cc1. The molecule has 0 fully saturated rings. The van der Waals surface area contributed by atoms with Crippen molar-refractivity contribution >= 4 is 23.0 Å². The van der Waals surface area contributed by atoms with Gasteiger partial charge in [-0.15, -0.1) is 0 Å². The van der Waals surface area contributed by atoms with Crippen LogP contribution in [0.1, 0.15) is 6.92 Å². The molecule has 8 heteroatoms. The summed E-state index contributed by atoms with van der Waals surface area (Å²) < 4.78 is 5.32. The van der Waals surface area contributed by atoms with E-state index < -0.39 is 10.8 Å². The van der Waals surface area contributed by atoms with Crippen LogP contribution in [-0.2, 0) is 4.79 Å². The Hall–Kier alpha value is -3.86. The zero-order valence-electron chi connectivity index (χ0n) is 13.9. The number of benzene rings is 2. The first-order valence-corrected chi connectivity index (χ1v) is 7.69. The van der Waals surface area contributed by atoms with Gasteiger partial charge in [-0.25, -0.2) is 0 Å². The lowest BCUT2D eigenvalue weighted by Gasteiger charge is -2.07. The highest BCUT2D eigenvalue weighted by molar-refractivity contribution is 6.06. The number of anilines is 2. The number of carbonyl (C=O) groups is 1. The molecule has 0 spiro atoms. The summed E-state index contributed by atoms with van der Waals surface area (Å²) in [4.78, 5) is 22.3. The number of ether oxygens (including phenoxy) is 1. The summed E-state index contributed by atoms with van der Waals surface area (Å²) in [5.74, 6) is 0.104. The van der Waals surface area contributed by atoms with E-state index >= 15 is 0 Å². The summed E-state index contributed by atoms with van der Waals surface area (Å²) >= 11 is 0. The molecule has 26 heavy (non-hydrogen) atoms. The van der Waals surface area contributed by atoms with Crippen molar-refractivity contribution in [2.24, 2.45) is 0 Å². The summed E-state index contributed by atoms with van der Waals surface area (Å²) in [7, 11) is 0. The van der Waals surface area contributed by atoms with Crippen molar-refractivity contribution < 1.29 is 14.5 Å². The van der Waals surface area contributed by atoms with E-state index in [1.165, 1.54) is 30.5 Å². The highest BCUT2D eigenvalue weighted by atomic mass is 16.6. The Morgan fingerprint density at radius 1 is 1.19 bits per heavy atom. The second-order valence-electron chi connectivity index (χ2n) is 5.03. The lowest BCUT2D eigenvalue weighted by atomic mass is 10.2. The van der Waals surface area contributed by atoms with Crippen molar-refractivity contribution in [3.05, 3.63) is 70.4 Å². The van der Waals surface area contributed by atoms with Crippen LogP contribution in [0.25, 0.3) is 0 Å².